The molecule has 0 bridgehead atoms. The van der Waals surface area contributed by atoms with Crippen LogP contribution in [0, 0.1) is 0 Å². The van der Waals surface area contributed by atoms with E-state index in [1.807, 2.05) is 13.1 Å². The third kappa shape index (κ3) is 2.85. The molecule has 3 N–H and O–H groups in total. The van der Waals surface area contributed by atoms with Gasteiger partial charge in [0.2, 0.25) is 0 Å². The summed E-state index contributed by atoms with van der Waals surface area (Å²) in [6, 6.07) is 6.90. The third-order valence-corrected chi connectivity index (χ3v) is 2.86. The van der Waals surface area contributed by atoms with Crippen molar-refractivity contribution in [2.45, 2.75) is 6.54 Å². The number of esters is 1. The molecular weight excluding hydrogens is 244 g/mol. The number of nitrogen functional groups attached to an aromatic ring is 1. The van der Waals surface area contributed by atoms with Crippen LogP contribution in [-0.2, 0) is 18.3 Å². The predicted octanol–water partition coefficient (Wildman–Crippen LogP) is 1.40. The Morgan fingerprint density at radius 2 is 2.26 bits per heavy atom. The van der Waals surface area contributed by atoms with Gasteiger partial charge in [0, 0.05) is 13.2 Å². The van der Waals surface area contributed by atoms with Gasteiger partial charge in [0.05, 0.1) is 36.3 Å². The Morgan fingerprint density at radius 3 is 2.89 bits per heavy atom. The molecule has 0 saturated heterocycles. The number of nitrogens with zero attached hydrogens (tertiary/aromatic N) is 2. The molecule has 6 nitrogen and oxygen atoms in total. The van der Waals surface area contributed by atoms with E-state index in [1.54, 1.807) is 29.1 Å². The van der Waals surface area contributed by atoms with E-state index in [9.17, 15) is 4.79 Å². The van der Waals surface area contributed by atoms with Gasteiger partial charge in [-0.05, 0) is 24.3 Å². The standard InChI is InChI=1S/C13H16N4O2/c1-17-10(5-6-16-17)8-15-12-7-9(13(18)19-2)3-4-11(12)14/h3-7,15H,8,14H2,1-2H3. The molecule has 1 aromatic carbocycles. The van der Waals surface area contributed by atoms with Gasteiger partial charge in [0.15, 0.2) is 0 Å². The fourth-order valence-corrected chi connectivity index (χ4v) is 1.71. The Balaban J connectivity index is 2.15. The van der Waals surface area contributed by atoms with Crippen molar-refractivity contribution >= 4 is 17.3 Å². The van der Waals surface area contributed by atoms with Gasteiger partial charge in [-0.25, -0.2) is 4.79 Å². The Labute approximate surface area is 111 Å². The summed E-state index contributed by atoms with van der Waals surface area (Å²) in [5.41, 5.74) is 8.63. The number of ether oxygens (including phenoxy) is 1. The van der Waals surface area contributed by atoms with Crippen molar-refractivity contribution in [2.75, 3.05) is 18.2 Å². The summed E-state index contributed by atoms with van der Waals surface area (Å²) in [5.74, 6) is -0.386. The number of anilines is 2. The quantitative estimate of drug-likeness (QED) is 0.641. The van der Waals surface area contributed by atoms with Gasteiger partial charge in [-0.3, -0.25) is 4.68 Å². The lowest BCUT2D eigenvalue weighted by atomic mass is 10.1. The van der Waals surface area contributed by atoms with E-state index in [4.69, 9.17) is 5.73 Å². The van der Waals surface area contributed by atoms with Gasteiger partial charge in [-0.1, -0.05) is 0 Å². The molecule has 2 rings (SSSR count). The maximum absolute atomic E-state index is 11.5. The molecule has 0 saturated carbocycles. The molecule has 6 heteroatoms. The fourth-order valence-electron chi connectivity index (χ4n) is 1.71. The SMILES string of the molecule is COC(=O)c1ccc(N)c(NCc2ccnn2C)c1. The van der Waals surface area contributed by atoms with Crippen molar-refractivity contribution in [3.8, 4) is 0 Å². The first-order valence-electron chi connectivity index (χ1n) is 5.80. The largest absolute Gasteiger partial charge is 0.465 e. The first-order chi connectivity index (χ1) is 9.11. The van der Waals surface area contributed by atoms with Crippen molar-refractivity contribution in [3.63, 3.8) is 0 Å². The zero-order valence-corrected chi connectivity index (χ0v) is 10.9. The lowest BCUT2D eigenvalue weighted by Crippen LogP contribution is -2.08. The average Bonchev–Trinajstić information content (AvgIpc) is 2.82. The van der Waals surface area contributed by atoms with E-state index in [0.29, 0.717) is 23.5 Å². The van der Waals surface area contributed by atoms with Gasteiger partial charge in [0.25, 0.3) is 0 Å². The topological polar surface area (TPSA) is 82.2 Å². The summed E-state index contributed by atoms with van der Waals surface area (Å²) >= 11 is 0. The van der Waals surface area contributed by atoms with Gasteiger partial charge in [0.1, 0.15) is 0 Å². The summed E-state index contributed by atoms with van der Waals surface area (Å²) in [7, 11) is 3.21. The third-order valence-electron chi connectivity index (χ3n) is 2.86. The van der Waals surface area contributed by atoms with Crippen LogP contribution in [0.1, 0.15) is 16.1 Å². The zero-order chi connectivity index (χ0) is 13.8. The molecule has 0 spiro atoms. The highest BCUT2D eigenvalue weighted by Crippen LogP contribution is 2.21. The van der Waals surface area contributed by atoms with Gasteiger partial charge < -0.3 is 15.8 Å². The monoisotopic (exact) mass is 260 g/mol. The number of benzene rings is 1. The zero-order valence-electron chi connectivity index (χ0n) is 10.9. The van der Waals surface area contributed by atoms with Crippen LogP contribution in [-0.4, -0.2) is 22.9 Å². The molecule has 19 heavy (non-hydrogen) atoms. The molecule has 0 fully saturated rings. The molecule has 0 aliphatic rings. The van der Waals surface area contributed by atoms with Crippen molar-refractivity contribution < 1.29 is 9.53 Å². The number of nitrogens with two attached hydrogens (primary N) is 1. The number of hydrogen-bond acceptors (Lipinski definition) is 5. The maximum atomic E-state index is 11.5. The van der Waals surface area contributed by atoms with Crippen molar-refractivity contribution in [3.05, 3.63) is 41.7 Å². The summed E-state index contributed by atoms with van der Waals surface area (Å²) in [6.45, 7) is 0.575. The number of aryl methyl sites for hydroxylation is 1. The first-order valence-corrected chi connectivity index (χ1v) is 5.80. The van der Waals surface area contributed by atoms with Crippen LogP contribution < -0.4 is 11.1 Å². The second-order valence-corrected chi connectivity index (χ2v) is 4.09. The normalized spacial score (nSPS) is 10.2. The molecule has 0 aliphatic heterocycles. The molecule has 0 aliphatic carbocycles. The molecule has 100 valence electrons. The van der Waals surface area contributed by atoms with Crippen LogP contribution in [0.3, 0.4) is 0 Å². The van der Waals surface area contributed by atoms with E-state index in [-0.39, 0.29) is 5.97 Å². The van der Waals surface area contributed by atoms with Crippen molar-refractivity contribution in [1.29, 1.82) is 0 Å². The smallest absolute Gasteiger partial charge is 0.337 e. The molecule has 0 atom stereocenters. The minimum absolute atomic E-state index is 0.386. The maximum Gasteiger partial charge on any atom is 0.337 e. The van der Waals surface area contributed by atoms with E-state index in [1.165, 1.54) is 7.11 Å². The fraction of sp³-hybridized carbons (Fsp3) is 0.231. The number of aromatic nitrogens is 2. The highest BCUT2D eigenvalue weighted by molar-refractivity contribution is 5.91. The van der Waals surface area contributed by atoms with E-state index >= 15 is 0 Å². The molecule has 0 amide bonds. The number of hydrogen-bond donors (Lipinski definition) is 2. The van der Waals surface area contributed by atoms with Crippen molar-refractivity contribution in [2.24, 2.45) is 7.05 Å². The van der Waals surface area contributed by atoms with E-state index in [2.05, 4.69) is 15.2 Å². The number of carbonyl (C=O) groups is 1. The first kappa shape index (κ1) is 12.9. The minimum Gasteiger partial charge on any atom is -0.465 e. The van der Waals surface area contributed by atoms with Crippen LogP contribution in [0.5, 0.6) is 0 Å². The Bertz CT molecular complexity index is 592. The molecule has 0 radical (unpaired) electrons. The van der Waals surface area contributed by atoms with Gasteiger partial charge >= 0.3 is 5.97 Å². The summed E-state index contributed by atoms with van der Waals surface area (Å²) in [4.78, 5) is 11.5. The lowest BCUT2D eigenvalue weighted by molar-refractivity contribution is 0.0601. The van der Waals surface area contributed by atoms with Crippen molar-refractivity contribution in [1.82, 2.24) is 9.78 Å². The van der Waals surface area contributed by atoms with Crippen LogP contribution >= 0.6 is 0 Å². The highest BCUT2D eigenvalue weighted by atomic mass is 16.5. The van der Waals surface area contributed by atoms with Crippen LogP contribution in [0.15, 0.2) is 30.5 Å². The Hall–Kier alpha value is -2.50. The molecule has 1 heterocycles. The second-order valence-electron chi connectivity index (χ2n) is 4.09. The molecule has 1 aromatic heterocycles. The number of rotatable bonds is 4. The Morgan fingerprint density at radius 1 is 1.47 bits per heavy atom. The van der Waals surface area contributed by atoms with E-state index < -0.39 is 0 Å². The van der Waals surface area contributed by atoms with Crippen LogP contribution in [0.4, 0.5) is 11.4 Å². The molecule has 2 aromatic rings. The highest BCUT2D eigenvalue weighted by Gasteiger charge is 2.08. The van der Waals surface area contributed by atoms with Gasteiger partial charge in [-0.2, -0.15) is 5.10 Å². The lowest BCUT2D eigenvalue weighted by Gasteiger charge is -2.10. The molecule has 0 unspecified atom stereocenters. The predicted molar refractivity (Wildman–Crippen MR) is 72.7 cm³/mol. The summed E-state index contributed by atoms with van der Waals surface area (Å²) in [5, 5.41) is 7.26. The summed E-state index contributed by atoms with van der Waals surface area (Å²) in [6.07, 6.45) is 1.73. The molecular formula is C13H16N4O2. The number of carbonyl (C=O) groups excluding carboxylic acids is 1. The van der Waals surface area contributed by atoms with Gasteiger partial charge in [-0.15, -0.1) is 0 Å². The van der Waals surface area contributed by atoms with Crippen LogP contribution in [0.25, 0.3) is 0 Å². The van der Waals surface area contributed by atoms with Crippen LogP contribution in [0.2, 0.25) is 0 Å². The number of methoxy groups -OCH3 is 1. The summed E-state index contributed by atoms with van der Waals surface area (Å²) < 4.78 is 6.45. The number of nitrogens with one attached hydrogen (secondary N) is 1. The minimum atomic E-state index is -0.386. The van der Waals surface area contributed by atoms with E-state index in [0.717, 1.165) is 5.69 Å². The average molecular weight is 260 g/mol. The second kappa shape index (κ2) is 5.43. The Kier molecular flexibility index (Phi) is 3.70.